The standard InChI is InChI=1S/C14H19NO3S/c1-15(8-5-10-18-2)14(17)13-12(7-11-19-13)6-3-4-9-16/h7,11,16H,4-5,8-10H2,1-2H3. The molecule has 1 rings (SSSR count). The molecular weight excluding hydrogens is 262 g/mol. The van der Waals surface area contributed by atoms with Crippen LogP contribution in [0.5, 0.6) is 0 Å². The third-order valence-electron chi connectivity index (χ3n) is 2.51. The number of ether oxygens (including phenoxy) is 1. The molecular formula is C14H19NO3S. The van der Waals surface area contributed by atoms with Gasteiger partial charge in [0.15, 0.2) is 0 Å². The highest BCUT2D eigenvalue weighted by molar-refractivity contribution is 7.12. The van der Waals surface area contributed by atoms with Gasteiger partial charge in [0.1, 0.15) is 4.88 Å². The van der Waals surface area contributed by atoms with Crippen molar-refractivity contribution in [1.29, 1.82) is 0 Å². The van der Waals surface area contributed by atoms with E-state index in [9.17, 15) is 4.79 Å². The van der Waals surface area contributed by atoms with Gasteiger partial charge in [-0.25, -0.2) is 0 Å². The summed E-state index contributed by atoms with van der Waals surface area (Å²) in [6.07, 6.45) is 1.24. The molecule has 1 N–H and O–H groups in total. The summed E-state index contributed by atoms with van der Waals surface area (Å²) in [5.74, 6) is 5.75. The summed E-state index contributed by atoms with van der Waals surface area (Å²) in [7, 11) is 3.43. The van der Waals surface area contributed by atoms with Gasteiger partial charge in [-0.1, -0.05) is 11.8 Å². The van der Waals surface area contributed by atoms with E-state index in [1.807, 2.05) is 11.4 Å². The van der Waals surface area contributed by atoms with E-state index in [0.29, 0.717) is 24.4 Å². The number of rotatable bonds is 6. The number of aliphatic hydroxyl groups is 1. The molecule has 0 aliphatic carbocycles. The Bertz CT molecular complexity index is 459. The predicted octanol–water partition coefficient (Wildman–Crippen LogP) is 1.59. The van der Waals surface area contributed by atoms with Gasteiger partial charge in [-0.2, -0.15) is 0 Å². The first-order chi connectivity index (χ1) is 9.20. The topological polar surface area (TPSA) is 49.8 Å². The van der Waals surface area contributed by atoms with Crippen LogP contribution in [0.25, 0.3) is 0 Å². The Hall–Kier alpha value is -1.35. The van der Waals surface area contributed by atoms with Gasteiger partial charge in [0, 0.05) is 39.3 Å². The monoisotopic (exact) mass is 281 g/mol. The van der Waals surface area contributed by atoms with Crippen molar-refractivity contribution in [2.24, 2.45) is 0 Å². The minimum absolute atomic E-state index is 0.0144. The summed E-state index contributed by atoms with van der Waals surface area (Å²) in [5.41, 5.74) is 0.738. The average molecular weight is 281 g/mol. The normalized spacial score (nSPS) is 9.84. The molecule has 1 aromatic rings. The number of hydrogen-bond donors (Lipinski definition) is 1. The molecule has 0 radical (unpaired) electrons. The summed E-state index contributed by atoms with van der Waals surface area (Å²) in [6.45, 7) is 1.34. The lowest BCUT2D eigenvalue weighted by Crippen LogP contribution is -2.28. The molecule has 0 saturated carbocycles. The summed E-state index contributed by atoms with van der Waals surface area (Å²) < 4.78 is 4.97. The molecule has 0 saturated heterocycles. The van der Waals surface area contributed by atoms with E-state index < -0.39 is 0 Å². The zero-order valence-electron chi connectivity index (χ0n) is 11.3. The second kappa shape index (κ2) is 8.70. The Balaban J connectivity index is 2.67. The van der Waals surface area contributed by atoms with Crippen LogP contribution >= 0.6 is 11.3 Å². The molecule has 4 nitrogen and oxygen atoms in total. The van der Waals surface area contributed by atoms with E-state index in [4.69, 9.17) is 9.84 Å². The maximum atomic E-state index is 12.2. The van der Waals surface area contributed by atoms with Gasteiger partial charge in [0.2, 0.25) is 0 Å². The van der Waals surface area contributed by atoms with Gasteiger partial charge < -0.3 is 14.7 Å². The van der Waals surface area contributed by atoms with E-state index in [1.54, 1.807) is 19.1 Å². The van der Waals surface area contributed by atoms with Crippen molar-refractivity contribution in [2.45, 2.75) is 12.8 Å². The Morgan fingerprint density at radius 2 is 2.37 bits per heavy atom. The largest absolute Gasteiger partial charge is 0.395 e. The molecule has 0 bridgehead atoms. The molecule has 1 amide bonds. The third-order valence-corrected chi connectivity index (χ3v) is 3.41. The Labute approximate surface area is 118 Å². The maximum Gasteiger partial charge on any atom is 0.264 e. The Morgan fingerprint density at radius 1 is 1.58 bits per heavy atom. The highest BCUT2D eigenvalue weighted by Gasteiger charge is 2.16. The Kier molecular flexibility index (Phi) is 7.19. The van der Waals surface area contributed by atoms with Gasteiger partial charge in [0.25, 0.3) is 5.91 Å². The number of carbonyl (C=O) groups excluding carboxylic acids is 1. The zero-order chi connectivity index (χ0) is 14.1. The molecule has 104 valence electrons. The third kappa shape index (κ3) is 5.03. The van der Waals surface area contributed by atoms with Crippen molar-refractivity contribution < 1.29 is 14.6 Å². The molecule has 0 fully saturated rings. The number of aliphatic hydroxyl groups excluding tert-OH is 1. The van der Waals surface area contributed by atoms with Crippen LogP contribution in [0.2, 0.25) is 0 Å². The number of thiophene rings is 1. The van der Waals surface area contributed by atoms with Gasteiger partial charge in [-0.15, -0.1) is 11.3 Å². The second-order valence-corrected chi connectivity index (χ2v) is 4.93. The van der Waals surface area contributed by atoms with Gasteiger partial charge >= 0.3 is 0 Å². The molecule has 5 heteroatoms. The summed E-state index contributed by atoms with van der Waals surface area (Å²) in [5, 5.41) is 10.6. The summed E-state index contributed by atoms with van der Waals surface area (Å²) in [4.78, 5) is 14.6. The fourth-order valence-electron chi connectivity index (χ4n) is 1.51. The number of hydrogen-bond acceptors (Lipinski definition) is 4. The molecule has 0 aliphatic heterocycles. The summed E-state index contributed by atoms with van der Waals surface area (Å²) >= 11 is 1.40. The van der Waals surface area contributed by atoms with Crippen molar-refractivity contribution in [3.63, 3.8) is 0 Å². The van der Waals surface area contributed by atoms with E-state index >= 15 is 0 Å². The average Bonchev–Trinajstić information content (AvgIpc) is 2.86. The lowest BCUT2D eigenvalue weighted by atomic mass is 10.2. The number of carbonyl (C=O) groups is 1. The van der Waals surface area contributed by atoms with E-state index in [2.05, 4.69) is 11.8 Å². The first kappa shape index (κ1) is 15.7. The molecule has 0 aromatic carbocycles. The van der Waals surface area contributed by atoms with Crippen LogP contribution in [0.3, 0.4) is 0 Å². The predicted molar refractivity (Wildman–Crippen MR) is 76.4 cm³/mol. The smallest absolute Gasteiger partial charge is 0.264 e. The molecule has 0 atom stereocenters. The van der Waals surface area contributed by atoms with Crippen molar-refractivity contribution in [3.05, 3.63) is 21.9 Å². The van der Waals surface area contributed by atoms with E-state index in [-0.39, 0.29) is 12.5 Å². The second-order valence-electron chi connectivity index (χ2n) is 4.01. The minimum Gasteiger partial charge on any atom is -0.395 e. The lowest BCUT2D eigenvalue weighted by Gasteiger charge is -2.16. The first-order valence-corrected chi connectivity index (χ1v) is 7.00. The highest BCUT2D eigenvalue weighted by Crippen LogP contribution is 2.17. The molecule has 19 heavy (non-hydrogen) atoms. The molecule has 0 aliphatic rings. The SMILES string of the molecule is COCCCN(C)C(=O)c1sccc1C#CCCO. The van der Waals surface area contributed by atoms with Crippen LogP contribution in [0.4, 0.5) is 0 Å². The molecule has 1 aromatic heterocycles. The van der Waals surface area contributed by atoms with Crippen LogP contribution < -0.4 is 0 Å². The first-order valence-electron chi connectivity index (χ1n) is 6.12. The molecule has 0 unspecified atom stereocenters. The highest BCUT2D eigenvalue weighted by atomic mass is 32.1. The number of amides is 1. The quantitative estimate of drug-likeness (QED) is 0.636. The minimum atomic E-state index is -0.0144. The van der Waals surface area contributed by atoms with E-state index in [1.165, 1.54) is 11.3 Å². The number of methoxy groups -OCH3 is 1. The molecule has 0 spiro atoms. The van der Waals surface area contributed by atoms with Crippen molar-refractivity contribution in [2.75, 3.05) is 33.9 Å². The number of nitrogens with zero attached hydrogens (tertiary/aromatic N) is 1. The van der Waals surface area contributed by atoms with Crippen LogP contribution in [0.15, 0.2) is 11.4 Å². The Morgan fingerprint density at radius 3 is 3.05 bits per heavy atom. The zero-order valence-corrected chi connectivity index (χ0v) is 12.1. The van der Waals surface area contributed by atoms with Crippen molar-refractivity contribution >= 4 is 17.2 Å². The van der Waals surface area contributed by atoms with Gasteiger partial charge in [0.05, 0.1) is 6.61 Å². The van der Waals surface area contributed by atoms with Crippen LogP contribution in [-0.4, -0.2) is 49.8 Å². The van der Waals surface area contributed by atoms with Crippen LogP contribution in [0.1, 0.15) is 28.1 Å². The van der Waals surface area contributed by atoms with Crippen LogP contribution in [-0.2, 0) is 4.74 Å². The lowest BCUT2D eigenvalue weighted by molar-refractivity contribution is 0.0784. The van der Waals surface area contributed by atoms with Gasteiger partial charge in [-0.05, 0) is 17.9 Å². The van der Waals surface area contributed by atoms with Crippen molar-refractivity contribution in [1.82, 2.24) is 4.90 Å². The fraction of sp³-hybridized carbons (Fsp3) is 0.500. The maximum absolute atomic E-state index is 12.2. The van der Waals surface area contributed by atoms with Crippen molar-refractivity contribution in [3.8, 4) is 11.8 Å². The fourth-order valence-corrected chi connectivity index (χ4v) is 2.35. The summed E-state index contributed by atoms with van der Waals surface area (Å²) in [6, 6.07) is 1.84. The van der Waals surface area contributed by atoms with E-state index in [0.717, 1.165) is 12.0 Å². The molecule has 1 heterocycles. The van der Waals surface area contributed by atoms with Crippen LogP contribution in [0, 0.1) is 11.8 Å². The van der Waals surface area contributed by atoms with Gasteiger partial charge in [-0.3, -0.25) is 4.79 Å².